The van der Waals surface area contributed by atoms with Crippen LogP contribution >= 0.6 is 22.9 Å². The summed E-state index contributed by atoms with van der Waals surface area (Å²) in [6.07, 6.45) is 1.40. The number of amides is 2. The van der Waals surface area contributed by atoms with Crippen LogP contribution in [0.4, 0.5) is 5.00 Å². The molecule has 2 aromatic rings. The molecule has 2 aromatic heterocycles. The highest BCUT2D eigenvalue weighted by Gasteiger charge is 2.26. The molecule has 2 rings (SSSR count). The number of hydrogen-bond donors (Lipinski definition) is 2. The Kier molecular flexibility index (Phi) is 8.27. The molecule has 30 heavy (non-hydrogen) atoms. The van der Waals surface area contributed by atoms with Gasteiger partial charge in [0.15, 0.2) is 6.61 Å². The van der Waals surface area contributed by atoms with Gasteiger partial charge in [-0.25, -0.2) is 14.6 Å². The second-order valence-electron chi connectivity index (χ2n) is 5.72. The van der Waals surface area contributed by atoms with Crippen LogP contribution in [0.3, 0.4) is 0 Å². The number of primary amides is 1. The molecular formula is C18H18ClN3O7S. The number of esters is 2. The Hall–Kier alpha value is -3.02. The normalized spacial score (nSPS) is 10.4. The van der Waals surface area contributed by atoms with Gasteiger partial charge in [0.25, 0.3) is 11.8 Å². The van der Waals surface area contributed by atoms with E-state index in [1.807, 2.05) is 0 Å². The molecule has 2 amide bonds. The molecule has 0 saturated carbocycles. The number of thiophene rings is 1. The fraction of sp³-hybridized carbons (Fsp3) is 0.278. The standard InChI is InChI=1S/C18H18ClN3O7S/c1-9-12(18(26)28-7-6-27-2)16(30-13(9)15(20)24)22-11(23)8-29-17(25)10-4-3-5-21-14(10)19/h3-5H,6-8H2,1-2H3,(H2,20,24)(H,22,23). The van der Waals surface area contributed by atoms with Crippen LogP contribution in [-0.2, 0) is 19.0 Å². The fourth-order valence-electron chi connectivity index (χ4n) is 2.28. The molecule has 160 valence electrons. The number of halogens is 1. The zero-order chi connectivity index (χ0) is 22.3. The van der Waals surface area contributed by atoms with Crippen molar-refractivity contribution >= 4 is 51.7 Å². The Labute approximate surface area is 180 Å². The third-order valence-corrected chi connectivity index (χ3v) is 5.18. The molecule has 0 bridgehead atoms. The van der Waals surface area contributed by atoms with E-state index >= 15 is 0 Å². The Balaban J connectivity index is 2.12. The van der Waals surface area contributed by atoms with Gasteiger partial charge < -0.3 is 25.3 Å². The summed E-state index contributed by atoms with van der Waals surface area (Å²) in [6, 6.07) is 2.88. The Morgan fingerprint density at radius 3 is 2.57 bits per heavy atom. The lowest BCUT2D eigenvalue weighted by Crippen LogP contribution is -2.22. The number of aromatic nitrogens is 1. The van der Waals surface area contributed by atoms with Crippen LogP contribution in [0, 0.1) is 6.92 Å². The highest BCUT2D eigenvalue weighted by atomic mass is 35.5. The van der Waals surface area contributed by atoms with Crippen molar-refractivity contribution in [2.75, 3.05) is 32.2 Å². The van der Waals surface area contributed by atoms with Crippen molar-refractivity contribution in [3.05, 3.63) is 45.1 Å². The first-order chi connectivity index (χ1) is 14.3. The summed E-state index contributed by atoms with van der Waals surface area (Å²) in [4.78, 5) is 52.1. The quantitative estimate of drug-likeness (QED) is 0.330. The second kappa shape index (κ2) is 10.7. The van der Waals surface area contributed by atoms with Crippen molar-refractivity contribution in [3.63, 3.8) is 0 Å². The van der Waals surface area contributed by atoms with Gasteiger partial charge in [0.05, 0.1) is 22.6 Å². The lowest BCUT2D eigenvalue weighted by atomic mass is 10.1. The minimum absolute atomic E-state index is 0.00245. The van der Waals surface area contributed by atoms with Gasteiger partial charge >= 0.3 is 11.9 Å². The zero-order valence-electron chi connectivity index (χ0n) is 16.0. The highest BCUT2D eigenvalue weighted by Crippen LogP contribution is 2.33. The Morgan fingerprint density at radius 1 is 1.20 bits per heavy atom. The molecule has 0 fully saturated rings. The average Bonchev–Trinajstić information content (AvgIpc) is 3.02. The van der Waals surface area contributed by atoms with Crippen LogP contribution in [0.25, 0.3) is 0 Å². The van der Waals surface area contributed by atoms with Gasteiger partial charge in [-0.3, -0.25) is 9.59 Å². The maximum Gasteiger partial charge on any atom is 0.341 e. The minimum Gasteiger partial charge on any atom is -0.460 e. The Bertz CT molecular complexity index is 977. The monoisotopic (exact) mass is 455 g/mol. The number of carbonyl (C=O) groups is 4. The van der Waals surface area contributed by atoms with Gasteiger partial charge in [-0.1, -0.05) is 11.6 Å². The third kappa shape index (κ3) is 5.75. The van der Waals surface area contributed by atoms with Crippen molar-refractivity contribution in [3.8, 4) is 0 Å². The number of anilines is 1. The van der Waals surface area contributed by atoms with E-state index in [1.165, 1.54) is 32.4 Å². The number of carbonyl (C=O) groups excluding carboxylic acids is 4. The lowest BCUT2D eigenvalue weighted by molar-refractivity contribution is -0.119. The number of hydrogen-bond acceptors (Lipinski definition) is 9. The summed E-state index contributed by atoms with van der Waals surface area (Å²) < 4.78 is 14.8. The van der Waals surface area contributed by atoms with Crippen molar-refractivity contribution in [2.45, 2.75) is 6.92 Å². The van der Waals surface area contributed by atoms with E-state index in [9.17, 15) is 19.2 Å². The summed E-state index contributed by atoms with van der Waals surface area (Å²) in [5, 5.41) is 2.41. The molecule has 10 nitrogen and oxygen atoms in total. The van der Waals surface area contributed by atoms with Crippen molar-refractivity contribution in [1.82, 2.24) is 4.98 Å². The largest absolute Gasteiger partial charge is 0.460 e. The number of rotatable bonds is 9. The van der Waals surface area contributed by atoms with Gasteiger partial charge in [-0.05, 0) is 24.6 Å². The number of ether oxygens (including phenoxy) is 3. The summed E-state index contributed by atoms with van der Waals surface area (Å²) in [5.74, 6) is -3.11. The Morgan fingerprint density at radius 2 is 1.93 bits per heavy atom. The maximum absolute atomic E-state index is 12.4. The summed E-state index contributed by atoms with van der Waals surface area (Å²) in [7, 11) is 1.44. The molecule has 0 saturated heterocycles. The minimum atomic E-state index is -0.845. The first-order valence-electron chi connectivity index (χ1n) is 8.43. The first kappa shape index (κ1) is 23.3. The predicted octanol–water partition coefficient (Wildman–Crippen LogP) is 1.80. The number of nitrogens with two attached hydrogens (primary N) is 1. The molecule has 2 heterocycles. The van der Waals surface area contributed by atoms with Crippen LogP contribution in [-0.4, -0.2) is 55.7 Å². The molecule has 0 atom stereocenters. The van der Waals surface area contributed by atoms with Gasteiger partial charge in [0.2, 0.25) is 0 Å². The molecule has 0 aliphatic carbocycles. The van der Waals surface area contributed by atoms with E-state index in [2.05, 4.69) is 10.3 Å². The predicted molar refractivity (Wildman–Crippen MR) is 108 cm³/mol. The van der Waals surface area contributed by atoms with Crippen LogP contribution in [0.15, 0.2) is 18.3 Å². The number of nitrogens with zero attached hydrogens (tertiary/aromatic N) is 1. The molecule has 0 unspecified atom stereocenters. The third-order valence-electron chi connectivity index (χ3n) is 3.66. The first-order valence-corrected chi connectivity index (χ1v) is 9.62. The van der Waals surface area contributed by atoms with Crippen molar-refractivity contribution in [1.29, 1.82) is 0 Å². The molecule has 0 aliphatic heterocycles. The van der Waals surface area contributed by atoms with E-state index in [0.717, 1.165) is 11.3 Å². The van der Waals surface area contributed by atoms with E-state index in [4.69, 9.17) is 31.5 Å². The van der Waals surface area contributed by atoms with Crippen molar-refractivity contribution < 1.29 is 33.4 Å². The number of nitrogens with one attached hydrogen (secondary N) is 1. The molecule has 12 heteroatoms. The summed E-state index contributed by atoms with van der Waals surface area (Å²) in [5.41, 5.74) is 5.58. The van der Waals surface area contributed by atoms with E-state index in [1.54, 1.807) is 0 Å². The highest BCUT2D eigenvalue weighted by molar-refractivity contribution is 7.18. The van der Waals surface area contributed by atoms with Gasteiger partial charge in [-0.2, -0.15) is 0 Å². The number of methoxy groups -OCH3 is 1. The molecular weight excluding hydrogens is 438 g/mol. The summed E-state index contributed by atoms with van der Waals surface area (Å²) in [6.45, 7) is 0.994. The van der Waals surface area contributed by atoms with Crippen LogP contribution in [0.1, 0.15) is 36.0 Å². The van der Waals surface area contributed by atoms with Crippen LogP contribution in [0.5, 0.6) is 0 Å². The van der Waals surface area contributed by atoms with Crippen LogP contribution < -0.4 is 11.1 Å². The van der Waals surface area contributed by atoms with Gasteiger partial charge in [-0.15, -0.1) is 11.3 Å². The zero-order valence-corrected chi connectivity index (χ0v) is 17.6. The van der Waals surface area contributed by atoms with Crippen molar-refractivity contribution in [2.24, 2.45) is 5.73 Å². The molecule has 0 radical (unpaired) electrons. The average molecular weight is 456 g/mol. The van der Waals surface area contributed by atoms with Crippen LogP contribution in [0.2, 0.25) is 5.15 Å². The van der Waals surface area contributed by atoms with E-state index in [0.29, 0.717) is 0 Å². The molecule has 0 aromatic carbocycles. The fourth-order valence-corrected chi connectivity index (χ4v) is 3.54. The smallest absolute Gasteiger partial charge is 0.341 e. The SMILES string of the molecule is COCCOC(=O)c1c(NC(=O)COC(=O)c2cccnc2Cl)sc(C(N)=O)c1C. The molecule has 3 N–H and O–H groups in total. The topological polar surface area (TPSA) is 147 Å². The van der Waals surface area contributed by atoms with E-state index < -0.39 is 30.4 Å². The molecule has 0 spiro atoms. The van der Waals surface area contributed by atoms with E-state index in [-0.39, 0.29) is 44.9 Å². The van der Waals surface area contributed by atoms with Gasteiger partial charge in [0.1, 0.15) is 16.8 Å². The van der Waals surface area contributed by atoms with Gasteiger partial charge in [0, 0.05) is 13.3 Å². The lowest BCUT2D eigenvalue weighted by Gasteiger charge is -2.09. The maximum atomic E-state index is 12.4. The summed E-state index contributed by atoms with van der Waals surface area (Å²) >= 11 is 6.62. The molecule has 0 aliphatic rings. The number of pyridine rings is 1. The second-order valence-corrected chi connectivity index (χ2v) is 7.10.